The minimum absolute atomic E-state index is 0.320. The number of hydrogen-bond donors (Lipinski definition) is 2. The molecule has 0 saturated carbocycles. The average Bonchev–Trinajstić information content (AvgIpc) is 3.03. The number of benzene rings is 2. The maximum atomic E-state index is 13.4. The van der Waals surface area contributed by atoms with Crippen molar-refractivity contribution in [2.24, 2.45) is 0 Å². The first-order valence-electron chi connectivity index (χ1n) is 12.4. The van der Waals surface area contributed by atoms with E-state index in [1.165, 1.54) is 25.7 Å². The Morgan fingerprint density at radius 1 is 0.971 bits per heavy atom. The van der Waals surface area contributed by atoms with E-state index < -0.39 is 17.5 Å². The Morgan fingerprint density at radius 3 is 2.29 bits per heavy atom. The molecule has 0 aliphatic carbocycles. The van der Waals surface area contributed by atoms with Crippen molar-refractivity contribution in [3.05, 3.63) is 60.2 Å². The van der Waals surface area contributed by atoms with Gasteiger partial charge in [0.15, 0.2) is 0 Å². The third kappa shape index (κ3) is 5.08. The van der Waals surface area contributed by atoms with Crippen molar-refractivity contribution in [1.29, 1.82) is 0 Å². The van der Waals surface area contributed by atoms with Gasteiger partial charge in [0.2, 0.25) is 5.91 Å². The Bertz CT molecular complexity index is 1000. The van der Waals surface area contributed by atoms with Crippen molar-refractivity contribution >= 4 is 29.2 Å². The van der Waals surface area contributed by atoms with Gasteiger partial charge >= 0.3 is 6.03 Å². The average molecular weight is 463 g/mol. The normalized spacial score (nSPS) is 20.7. The minimum atomic E-state index is -1.12. The smallest absolute Gasteiger partial charge is 0.325 e. The summed E-state index contributed by atoms with van der Waals surface area (Å²) in [7, 11) is 0. The summed E-state index contributed by atoms with van der Waals surface area (Å²) in [4.78, 5) is 42.4. The van der Waals surface area contributed by atoms with Gasteiger partial charge in [0.05, 0.1) is 0 Å². The van der Waals surface area contributed by atoms with Gasteiger partial charge in [-0.25, -0.2) is 4.79 Å². The summed E-state index contributed by atoms with van der Waals surface area (Å²) in [5, 5.41) is 5.72. The van der Waals surface area contributed by atoms with E-state index in [9.17, 15) is 14.4 Å². The molecule has 2 aromatic carbocycles. The van der Waals surface area contributed by atoms with Gasteiger partial charge in [-0.15, -0.1) is 0 Å². The molecule has 4 amide bonds. The van der Waals surface area contributed by atoms with E-state index in [1.54, 1.807) is 0 Å². The van der Waals surface area contributed by atoms with Crippen LogP contribution < -0.4 is 15.5 Å². The number of amides is 4. The lowest BCUT2D eigenvalue weighted by Gasteiger charge is -2.27. The zero-order valence-electron chi connectivity index (χ0n) is 19.9. The number of imide groups is 1. The molecular weight excluding hydrogens is 428 g/mol. The van der Waals surface area contributed by atoms with E-state index in [0.29, 0.717) is 12.1 Å². The molecular formula is C27H34N4O3. The SMILES string of the molecule is CCCCC1(c2ccccc2)NC(=O)N(CC(=O)Nc2ccc(N3CCCCCC3)cc2)C1=O. The highest BCUT2D eigenvalue weighted by Gasteiger charge is 2.52. The fourth-order valence-corrected chi connectivity index (χ4v) is 4.87. The van der Waals surface area contributed by atoms with Crippen LogP contribution in [-0.2, 0) is 15.1 Å². The molecule has 7 heteroatoms. The minimum Gasteiger partial charge on any atom is -0.372 e. The maximum Gasteiger partial charge on any atom is 0.325 e. The third-order valence-corrected chi connectivity index (χ3v) is 6.77. The molecule has 0 radical (unpaired) electrons. The molecule has 0 bridgehead atoms. The first-order chi connectivity index (χ1) is 16.5. The molecule has 1 atom stereocenters. The van der Waals surface area contributed by atoms with E-state index in [0.717, 1.165) is 42.1 Å². The molecule has 34 heavy (non-hydrogen) atoms. The lowest BCUT2D eigenvalue weighted by atomic mass is 9.85. The van der Waals surface area contributed by atoms with Crippen LogP contribution in [0.25, 0.3) is 0 Å². The summed E-state index contributed by atoms with van der Waals surface area (Å²) in [6.07, 6.45) is 7.12. The Labute approximate surface area is 201 Å². The van der Waals surface area contributed by atoms with Gasteiger partial charge in [-0.2, -0.15) is 0 Å². The number of rotatable bonds is 8. The van der Waals surface area contributed by atoms with Gasteiger partial charge in [0.25, 0.3) is 5.91 Å². The lowest BCUT2D eigenvalue weighted by molar-refractivity contribution is -0.134. The summed E-state index contributed by atoms with van der Waals surface area (Å²) in [6.45, 7) is 3.83. The second-order valence-electron chi connectivity index (χ2n) is 9.19. The molecule has 4 rings (SSSR count). The third-order valence-electron chi connectivity index (χ3n) is 6.77. The summed E-state index contributed by atoms with van der Waals surface area (Å²) in [6, 6.07) is 16.5. The summed E-state index contributed by atoms with van der Waals surface area (Å²) in [5.74, 6) is -0.769. The number of nitrogens with one attached hydrogen (secondary N) is 2. The van der Waals surface area contributed by atoms with E-state index in [-0.39, 0.29) is 12.5 Å². The molecule has 0 aromatic heterocycles. The van der Waals surface area contributed by atoms with Gasteiger partial charge in [-0.05, 0) is 49.1 Å². The Hall–Kier alpha value is -3.35. The van der Waals surface area contributed by atoms with Crippen molar-refractivity contribution in [2.45, 2.75) is 57.4 Å². The first kappa shape index (κ1) is 23.8. The van der Waals surface area contributed by atoms with Crippen LogP contribution in [0.1, 0.15) is 57.4 Å². The van der Waals surface area contributed by atoms with Gasteiger partial charge in [-0.3, -0.25) is 14.5 Å². The van der Waals surface area contributed by atoms with Crippen LogP contribution >= 0.6 is 0 Å². The molecule has 2 fully saturated rings. The highest BCUT2D eigenvalue weighted by atomic mass is 16.2. The highest BCUT2D eigenvalue weighted by molar-refractivity contribution is 6.10. The van der Waals surface area contributed by atoms with Gasteiger partial charge in [0, 0.05) is 24.5 Å². The standard InChI is InChI=1S/C27H34N4O3/c1-2-3-17-27(21-11-7-6-8-12-21)25(33)31(26(34)29-27)20-24(32)28-22-13-15-23(16-14-22)30-18-9-4-5-10-19-30/h6-8,11-16H,2-5,9-10,17-20H2,1H3,(H,28,32)(H,29,34). The van der Waals surface area contributed by atoms with Crippen molar-refractivity contribution in [3.8, 4) is 0 Å². The van der Waals surface area contributed by atoms with Gasteiger partial charge < -0.3 is 15.5 Å². The van der Waals surface area contributed by atoms with Crippen LogP contribution in [0, 0.1) is 0 Å². The molecule has 7 nitrogen and oxygen atoms in total. The molecule has 2 heterocycles. The second kappa shape index (κ2) is 10.7. The second-order valence-corrected chi connectivity index (χ2v) is 9.19. The fraction of sp³-hybridized carbons (Fsp3) is 0.444. The van der Waals surface area contributed by atoms with Crippen LogP contribution in [0.5, 0.6) is 0 Å². The van der Waals surface area contributed by atoms with Crippen molar-refractivity contribution < 1.29 is 14.4 Å². The van der Waals surface area contributed by atoms with Gasteiger partial charge in [-0.1, -0.05) is 62.9 Å². The fourth-order valence-electron chi connectivity index (χ4n) is 4.87. The number of unbranched alkanes of at least 4 members (excludes halogenated alkanes) is 1. The van der Waals surface area contributed by atoms with Crippen molar-refractivity contribution in [2.75, 3.05) is 29.9 Å². The Kier molecular flexibility index (Phi) is 7.50. The number of urea groups is 1. The lowest BCUT2D eigenvalue weighted by Crippen LogP contribution is -2.44. The molecule has 2 aromatic rings. The van der Waals surface area contributed by atoms with Crippen LogP contribution in [-0.4, -0.2) is 42.4 Å². The first-order valence-corrected chi connectivity index (χ1v) is 12.4. The van der Waals surface area contributed by atoms with E-state index in [2.05, 4.69) is 15.5 Å². The predicted molar refractivity (Wildman–Crippen MR) is 134 cm³/mol. The quantitative estimate of drug-likeness (QED) is 0.560. The zero-order chi connectivity index (χ0) is 24.0. The Morgan fingerprint density at radius 2 is 1.65 bits per heavy atom. The van der Waals surface area contributed by atoms with Gasteiger partial charge in [0.1, 0.15) is 12.1 Å². The number of nitrogens with zero attached hydrogens (tertiary/aromatic N) is 2. The largest absolute Gasteiger partial charge is 0.372 e. The number of hydrogen-bond acceptors (Lipinski definition) is 4. The monoisotopic (exact) mass is 462 g/mol. The number of carbonyl (C=O) groups is 3. The summed E-state index contributed by atoms with van der Waals surface area (Å²) < 4.78 is 0. The van der Waals surface area contributed by atoms with Crippen LogP contribution in [0.3, 0.4) is 0 Å². The van der Waals surface area contributed by atoms with E-state index in [4.69, 9.17) is 0 Å². The van der Waals surface area contributed by atoms with Crippen LogP contribution in [0.4, 0.5) is 16.2 Å². The van der Waals surface area contributed by atoms with Crippen LogP contribution in [0.15, 0.2) is 54.6 Å². The number of anilines is 2. The molecule has 2 aliphatic rings. The summed E-state index contributed by atoms with van der Waals surface area (Å²) >= 11 is 0. The molecule has 2 saturated heterocycles. The summed E-state index contributed by atoms with van der Waals surface area (Å²) in [5.41, 5.74) is 1.42. The molecule has 2 N–H and O–H groups in total. The highest BCUT2D eigenvalue weighted by Crippen LogP contribution is 2.34. The molecule has 0 spiro atoms. The molecule has 2 aliphatic heterocycles. The van der Waals surface area contributed by atoms with Crippen molar-refractivity contribution in [3.63, 3.8) is 0 Å². The molecule has 1 unspecified atom stereocenters. The van der Waals surface area contributed by atoms with Crippen molar-refractivity contribution in [1.82, 2.24) is 10.2 Å². The molecule has 180 valence electrons. The van der Waals surface area contributed by atoms with Crippen LogP contribution in [0.2, 0.25) is 0 Å². The predicted octanol–water partition coefficient (Wildman–Crippen LogP) is 4.64. The Balaban J connectivity index is 1.42. The maximum absolute atomic E-state index is 13.4. The number of carbonyl (C=O) groups excluding carboxylic acids is 3. The zero-order valence-corrected chi connectivity index (χ0v) is 19.9. The van der Waals surface area contributed by atoms with E-state index in [1.807, 2.05) is 61.5 Å². The topological polar surface area (TPSA) is 81.8 Å². The van der Waals surface area contributed by atoms with E-state index >= 15 is 0 Å².